The number of nitrogens with one attached hydrogen (secondary N) is 1. The van der Waals surface area contributed by atoms with Crippen LogP contribution in [0.15, 0.2) is 64.2 Å². The highest BCUT2D eigenvalue weighted by Crippen LogP contribution is 2.34. The normalized spacial score (nSPS) is 15.3. The van der Waals surface area contributed by atoms with E-state index in [1.54, 1.807) is 6.07 Å². The molecule has 5 nitrogen and oxygen atoms in total. The summed E-state index contributed by atoms with van der Waals surface area (Å²) < 4.78 is 1.91. The number of para-hydroxylation sites is 1. The molecule has 1 aliphatic carbocycles. The Balaban J connectivity index is 1.72. The number of nitrogens with zero attached hydrogens (tertiary/aromatic N) is 2. The van der Waals surface area contributed by atoms with Crippen molar-refractivity contribution in [2.24, 2.45) is 0 Å². The van der Waals surface area contributed by atoms with Gasteiger partial charge in [0.15, 0.2) is 5.82 Å². The molecule has 1 fully saturated rings. The zero-order chi connectivity index (χ0) is 19.1. The number of H-pyrrole nitrogens is 1. The predicted molar refractivity (Wildman–Crippen MR) is 110 cm³/mol. The first kappa shape index (κ1) is 16.9. The van der Waals surface area contributed by atoms with E-state index in [0.717, 1.165) is 16.6 Å². The molecule has 0 radical (unpaired) electrons. The predicted octanol–water partition coefficient (Wildman–Crippen LogP) is 4.23. The Morgan fingerprint density at radius 3 is 2.46 bits per heavy atom. The van der Waals surface area contributed by atoms with Crippen molar-refractivity contribution in [3.05, 3.63) is 81.0 Å². The molecule has 0 aromatic heterocycles. The van der Waals surface area contributed by atoms with Gasteiger partial charge in [0.25, 0.3) is 5.56 Å². The summed E-state index contributed by atoms with van der Waals surface area (Å²) in [6.07, 6.45) is 6.44. The van der Waals surface area contributed by atoms with Crippen molar-refractivity contribution in [1.29, 1.82) is 0 Å². The first-order chi connectivity index (χ1) is 13.7. The molecule has 2 heterocycles. The summed E-state index contributed by atoms with van der Waals surface area (Å²) in [5, 5.41) is 0.928. The number of hydrogen-bond acceptors (Lipinski definition) is 3. The molecule has 28 heavy (non-hydrogen) atoms. The van der Waals surface area contributed by atoms with Crippen LogP contribution in [0.1, 0.15) is 43.6 Å². The van der Waals surface area contributed by atoms with Crippen LogP contribution in [0, 0.1) is 0 Å². The van der Waals surface area contributed by atoms with E-state index >= 15 is 0 Å². The van der Waals surface area contributed by atoms with E-state index in [0.29, 0.717) is 17.3 Å². The van der Waals surface area contributed by atoms with Crippen LogP contribution in [-0.2, 0) is 0 Å². The van der Waals surface area contributed by atoms with Gasteiger partial charge in [-0.25, -0.2) is 4.79 Å². The number of fused-ring (bicyclic) bond motifs is 2. The molecule has 0 unspecified atom stereocenters. The van der Waals surface area contributed by atoms with Gasteiger partial charge < -0.3 is 0 Å². The lowest BCUT2D eigenvalue weighted by atomic mass is 9.84. The van der Waals surface area contributed by atoms with Crippen molar-refractivity contribution in [1.82, 2.24) is 14.5 Å². The molecule has 1 N–H and O–H groups in total. The smallest absolute Gasteiger partial charge is 0.294 e. The van der Waals surface area contributed by atoms with Crippen LogP contribution >= 0.6 is 0 Å². The summed E-state index contributed by atoms with van der Waals surface area (Å²) in [4.78, 5) is 30.7. The van der Waals surface area contributed by atoms with E-state index in [-0.39, 0.29) is 0 Å². The minimum atomic E-state index is -0.625. The largest absolute Gasteiger partial charge is 0.349 e. The van der Waals surface area contributed by atoms with Gasteiger partial charge in [-0.2, -0.15) is 4.98 Å². The lowest BCUT2D eigenvalue weighted by Crippen LogP contribution is -2.27. The van der Waals surface area contributed by atoms with Gasteiger partial charge in [0, 0.05) is 5.69 Å². The summed E-state index contributed by atoms with van der Waals surface area (Å²) in [5.41, 5.74) is 2.56. The topological polar surface area (TPSA) is 67.8 Å². The van der Waals surface area contributed by atoms with E-state index in [9.17, 15) is 9.59 Å². The van der Waals surface area contributed by atoms with Gasteiger partial charge in [-0.1, -0.05) is 49.6 Å². The average molecular weight is 371 g/mol. The molecule has 0 bridgehead atoms. The number of aromatic nitrogens is 3. The highest BCUT2D eigenvalue weighted by atomic mass is 16.2. The maximum absolute atomic E-state index is 12.4. The maximum Gasteiger partial charge on any atom is 0.349 e. The second kappa shape index (κ2) is 6.75. The van der Waals surface area contributed by atoms with Crippen LogP contribution in [0.3, 0.4) is 0 Å². The Kier molecular flexibility index (Phi) is 4.08. The van der Waals surface area contributed by atoms with Crippen LogP contribution in [0.2, 0.25) is 0 Å². The molecular formula is C23H21N3O2. The van der Waals surface area contributed by atoms with Crippen LogP contribution in [0.4, 0.5) is 0 Å². The molecule has 1 saturated carbocycles. The molecule has 3 aliphatic rings. The highest BCUT2D eigenvalue weighted by molar-refractivity contribution is 5.87. The fraction of sp³-hybridized carbons (Fsp3) is 0.261. The van der Waals surface area contributed by atoms with Crippen molar-refractivity contribution in [2.75, 3.05) is 0 Å². The van der Waals surface area contributed by atoms with Gasteiger partial charge in [0.05, 0.1) is 11.1 Å². The minimum absolute atomic E-state index is 0.387. The van der Waals surface area contributed by atoms with E-state index in [1.165, 1.54) is 37.7 Å². The van der Waals surface area contributed by atoms with Crippen molar-refractivity contribution in [3.8, 4) is 17.1 Å². The molecule has 0 saturated heterocycles. The lowest BCUT2D eigenvalue weighted by Gasteiger charge is -2.23. The van der Waals surface area contributed by atoms with Gasteiger partial charge in [-0.05, 0) is 54.0 Å². The first-order valence-electron chi connectivity index (χ1n) is 9.86. The third kappa shape index (κ3) is 2.83. The van der Waals surface area contributed by atoms with Gasteiger partial charge >= 0.3 is 5.69 Å². The third-order valence-electron chi connectivity index (χ3n) is 5.83. The second-order valence-corrected chi connectivity index (χ2v) is 7.57. The van der Waals surface area contributed by atoms with Crippen LogP contribution in [0.5, 0.6) is 0 Å². The van der Waals surface area contributed by atoms with Crippen LogP contribution in [-0.4, -0.2) is 14.5 Å². The summed E-state index contributed by atoms with van der Waals surface area (Å²) in [7, 11) is 0. The SMILES string of the molecule is O=c1nc2n(-c3ccc(C4CCCCC4)cc3)c3ccccc3cc-2c(=O)[nH]1. The second-order valence-electron chi connectivity index (χ2n) is 7.57. The van der Waals surface area contributed by atoms with Gasteiger partial charge in [0.1, 0.15) is 0 Å². The lowest BCUT2D eigenvalue weighted by molar-refractivity contribution is 0.443. The van der Waals surface area contributed by atoms with Crippen molar-refractivity contribution < 1.29 is 0 Å². The monoisotopic (exact) mass is 371 g/mol. The Bertz CT molecular complexity index is 1230. The fourth-order valence-corrected chi connectivity index (χ4v) is 4.43. The van der Waals surface area contributed by atoms with Crippen LogP contribution in [0.25, 0.3) is 28.0 Å². The molecule has 5 rings (SSSR count). The van der Waals surface area contributed by atoms with E-state index in [1.807, 2.05) is 28.8 Å². The Hall–Kier alpha value is -3.21. The number of rotatable bonds is 2. The van der Waals surface area contributed by atoms with E-state index < -0.39 is 11.2 Å². The third-order valence-corrected chi connectivity index (χ3v) is 5.83. The Labute approximate surface area is 162 Å². The molecule has 5 heteroatoms. The highest BCUT2D eigenvalue weighted by Gasteiger charge is 2.19. The van der Waals surface area contributed by atoms with Crippen molar-refractivity contribution in [2.45, 2.75) is 38.0 Å². The summed E-state index contributed by atoms with van der Waals surface area (Å²) in [6.45, 7) is 0. The number of aromatic amines is 1. The quantitative estimate of drug-likeness (QED) is 0.536. The standard InChI is InChI=1S/C23H21N3O2/c27-22-19-14-17-8-4-5-9-20(17)26(21(19)24-23(28)25-22)18-12-10-16(11-13-18)15-6-2-1-3-7-15/h4-5,8-15H,1-3,6-7H2,(H,25,27,28). The fourth-order valence-electron chi connectivity index (χ4n) is 4.43. The molecular weight excluding hydrogens is 350 g/mol. The molecule has 2 aromatic rings. The van der Waals surface area contributed by atoms with Gasteiger partial charge in [-0.15, -0.1) is 0 Å². The van der Waals surface area contributed by atoms with Crippen molar-refractivity contribution in [3.63, 3.8) is 0 Å². The Morgan fingerprint density at radius 1 is 0.929 bits per heavy atom. The number of hydrogen-bond donors (Lipinski definition) is 1. The van der Waals surface area contributed by atoms with Crippen LogP contribution < -0.4 is 11.2 Å². The molecule has 0 atom stereocenters. The first-order valence-corrected chi connectivity index (χ1v) is 9.86. The minimum Gasteiger partial charge on any atom is -0.294 e. The maximum atomic E-state index is 12.4. The number of pyridine rings is 1. The average Bonchev–Trinajstić information content (AvgIpc) is 2.73. The zero-order valence-corrected chi connectivity index (χ0v) is 15.5. The summed E-state index contributed by atoms with van der Waals surface area (Å²) >= 11 is 0. The molecule has 0 spiro atoms. The van der Waals surface area contributed by atoms with Gasteiger partial charge in [0.2, 0.25) is 0 Å². The molecule has 0 amide bonds. The van der Waals surface area contributed by atoms with Crippen molar-refractivity contribution >= 4 is 10.9 Å². The molecule has 2 aromatic carbocycles. The summed E-state index contributed by atoms with van der Waals surface area (Å²) in [5.74, 6) is 1.02. The Morgan fingerprint density at radius 2 is 1.68 bits per heavy atom. The van der Waals surface area contributed by atoms with E-state index in [4.69, 9.17) is 0 Å². The zero-order valence-electron chi connectivity index (χ0n) is 15.5. The molecule has 140 valence electrons. The molecule has 2 aliphatic heterocycles. The number of benzene rings is 2. The van der Waals surface area contributed by atoms with Gasteiger partial charge in [-0.3, -0.25) is 14.3 Å². The van der Waals surface area contributed by atoms with E-state index in [2.05, 4.69) is 34.2 Å². The summed E-state index contributed by atoms with van der Waals surface area (Å²) in [6, 6.07) is 18.1.